The number of benzene rings is 2. The number of aliphatic hydroxyl groups is 3. The Morgan fingerprint density at radius 2 is 1.69 bits per heavy atom. The Morgan fingerprint density at radius 3 is 2.21 bits per heavy atom. The van der Waals surface area contributed by atoms with Crippen LogP contribution in [-0.2, 0) is 20.8 Å². The highest BCUT2D eigenvalue weighted by Gasteiger charge is 2.64. The van der Waals surface area contributed by atoms with Gasteiger partial charge in [0.25, 0.3) is 5.91 Å². The third-order valence-electron chi connectivity index (χ3n) is 8.98. The fraction of sp³-hybridized carbons (Fsp3) is 0.375. The maximum absolute atomic E-state index is 14.1. The van der Waals surface area contributed by atoms with Crippen LogP contribution in [0.3, 0.4) is 0 Å². The van der Waals surface area contributed by atoms with Crippen molar-refractivity contribution in [2.75, 3.05) is 14.1 Å². The molecule has 0 aromatic heterocycles. The van der Waals surface area contributed by atoms with Crippen molar-refractivity contribution in [2.24, 2.45) is 17.6 Å². The molecule has 2 aromatic rings. The molecule has 42 heavy (non-hydrogen) atoms. The van der Waals surface area contributed by atoms with Gasteiger partial charge < -0.3 is 26.2 Å². The normalized spacial score (nSPS) is 25.5. The number of Topliss-reactive ketones (excluding diaryl/α,β-unsaturated/α-hetero) is 3. The highest BCUT2D eigenvalue weighted by molar-refractivity contribution is 6.24. The smallest absolute Gasteiger partial charge is 0.255 e. The number of likely N-dealkylation sites (N-methyl/N-ethyl adjacent to an activating group) is 1. The standard InChI is InChI=1S/C32H34N2O8/c1-13(2)18-12-19(16-8-6-15(7-9-16)14(3)35)26(36)23-20(18)10-17-11-21-25(34(4)5)28(38)24(31(33)41)30(40)32(21,42)29(39)22(17)27(23)37/h6-9,12-13,17,21,25,36-37,40,42H,10-11H2,1-5H3,(H2,33,41)/t17-,21-,25-,32-/m1/s1. The van der Waals surface area contributed by atoms with E-state index in [9.17, 15) is 39.6 Å². The van der Waals surface area contributed by atoms with E-state index in [-0.39, 0.29) is 41.4 Å². The highest BCUT2D eigenvalue weighted by atomic mass is 16.3. The molecular weight excluding hydrogens is 540 g/mol. The molecule has 0 radical (unpaired) electrons. The largest absolute Gasteiger partial charge is 0.508 e. The molecule has 0 unspecified atom stereocenters. The van der Waals surface area contributed by atoms with Crippen molar-refractivity contribution in [1.82, 2.24) is 4.90 Å². The number of phenolic OH excluding ortho intramolecular Hbond substituents is 1. The maximum Gasteiger partial charge on any atom is 0.255 e. The summed E-state index contributed by atoms with van der Waals surface area (Å²) in [5.74, 6) is -7.00. The van der Waals surface area contributed by atoms with Crippen molar-refractivity contribution in [1.29, 1.82) is 0 Å². The average Bonchev–Trinajstić information content (AvgIpc) is 2.90. The second-order valence-electron chi connectivity index (χ2n) is 12.0. The summed E-state index contributed by atoms with van der Waals surface area (Å²) in [4.78, 5) is 52.8. The molecule has 0 spiro atoms. The zero-order chi connectivity index (χ0) is 31.0. The van der Waals surface area contributed by atoms with Crippen LogP contribution < -0.4 is 5.73 Å². The van der Waals surface area contributed by atoms with Crippen molar-refractivity contribution in [3.05, 3.63) is 69.5 Å². The van der Waals surface area contributed by atoms with E-state index < -0.39 is 58.0 Å². The van der Waals surface area contributed by atoms with Gasteiger partial charge in [-0.3, -0.25) is 24.1 Å². The van der Waals surface area contributed by atoms with Gasteiger partial charge >= 0.3 is 0 Å². The molecule has 1 amide bonds. The van der Waals surface area contributed by atoms with E-state index in [1.807, 2.05) is 19.9 Å². The van der Waals surface area contributed by atoms with E-state index in [1.165, 1.54) is 11.8 Å². The second-order valence-corrected chi connectivity index (χ2v) is 12.0. The van der Waals surface area contributed by atoms with Crippen LogP contribution in [0.25, 0.3) is 16.9 Å². The first-order valence-corrected chi connectivity index (χ1v) is 13.8. The van der Waals surface area contributed by atoms with Gasteiger partial charge in [0.05, 0.1) is 11.6 Å². The third kappa shape index (κ3) is 4.00. The SMILES string of the molecule is CC(=O)c1ccc(-c2cc(C(C)C)c3c(c2O)C(O)=C2C(=O)[C@@]4(O)C(O)=C(C(N)=O)C(=O)[C@H](N(C)C)[C@H]4C[C@H]2C3)cc1. The monoisotopic (exact) mass is 574 g/mol. The number of hydrogen-bond acceptors (Lipinski definition) is 9. The topological polar surface area (TPSA) is 178 Å². The van der Waals surface area contributed by atoms with Crippen molar-refractivity contribution in [3.63, 3.8) is 0 Å². The Morgan fingerprint density at radius 1 is 1.07 bits per heavy atom. The van der Waals surface area contributed by atoms with E-state index in [2.05, 4.69) is 0 Å². The van der Waals surface area contributed by atoms with Crippen LogP contribution >= 0.6 is 0 Å². The van der Waals surface area contributed by atoms with Crippen LogP contribution in [0.5, 0.6) is 5.75 Å². The summed E-state index contributed by atoms with van der Waals surface area (Å²) in [6.45, 7) is 5.38. The Bertz CT molecular complexity index is 1630. The molecule has 1 saturated carbocycles. The van der Waals surface area contributed by atoms with Gasteiger partial charge in [-0.1, -0.05) is 38.1 Å². The first kappa shape index (κ1) is 29.2. The van der Waals surface area contributed by atoms with Gasteiger partial charge in [-0.2, -0.15) is 0 Å². The summed E-state index contributed by atoms with van der Waals surface area (Å²) in [5, 5.41) is 46.0. The summed E-state index contributed by atoms with van der Waals surface area (Å²) < 4.78 is 0. The molecule has 3 aliphatic carbocycles. The molecule has 0 bridgehead atoms. The quantitative estimate of drug-likeness (QED) is 0.265. The number of nitrogens with zero attached hydrogens (tertiary/aromatic N) is 1. The number of aliphatic hydroxyl groups excluding tert-OH is 2. The third-order valence-corrected chi connectivity index (χ3v) is 8.98. The van der Waals surface area contributed by atoms with Crippen molar-refractivity contribution in [2.45, 2.75) is 51.2 Å². The van der Waals surface area contributed by atoms with E-state index in [1.54, 1.807) is 38.4 Å². The molecule has 0 aliphatic heterocycles. The fourth-order valence-electron chi connectivity index (χ4n) is 6.96. The minimum atomic E-state index is -2.69. The van der Waals surface area contributed by atoms with Gasteiger partial charge in [-0.15, -0.1) is 0 Å². The number of rotatable bonds is 5. The van der Waals surface area contributed by atoms with Crippen molar-refractivity contribution < 1.29 is 39.6 Å². The molecule has 4 atom stereocenters. The summed E-state index contributed by atoms with van der Waals surface area (Å²) in [5.41, 5.74) is 4.62. The summed E-state index contributed by atoms with van der Waals surface area (Å²) in [6.07, 6.45) is 0.248. The van der Waals surface area contributed by atoms with E-state index >= 15 is 0 Å². The number of phenols is 1. The minimum absolute atomic E-state index is 0.0261. The van der Waals surface area contributed by atoms with Crippen LogP contribution in [0.4, 0.5) is 0 Å². The lowest BCUT2D eigenvalue weighted by molar-refractivity contribution is -0.153. The highest BCUT2D eigenvalue weighted by Crippen LogP contribution is 2.54. The van der Waals surface area contributed by atoms with Gasteiger partial charge in [0.1, 0.15) is 22.8 Å². The zero-order valence-corrected chi connectivity index (χ0v) is 24.1. The number of carbonyl (C=O) groups is 4. The van der Waals surface area contributed by atoms with Crippen LogP contribution in [0.15, 0.2) is 47.2 Å². The molecule has 220 valence electrons. The minimum Gasteiger partial charge on any atom is -0.508 e. The fourth-order valence-corrected chi connectivity index (χ4v) is 6.96. The summed E-state index contributed by atoms with van der Waals surface area (Å²) in [6, 6.07) is 7.34. The molecule has 3 aliphatic rings. The summed E-state index contributed by atoms with van der Waals surface area (Å²) in [7, 11) is 3.12. The Kier molecular flexibility index (Phi) is 6.90. The number of fused-ring (bicyclic) bond motifs is 3. The predicted octanol–water partition coefficient (Wildman–Crippen LogP) is 2.96. The number of primary amides is 1. The molecule has 1 fully saturated rings. The Hall–Kier alpha value is -4.28. The molecule has 6 N–H and O–H groups in total. The van der Waals surface area contributed by atoms with Crippen LogP contribution in [0, 0.1) is 11.8 Å². The molecule has 5 rings (SSSR count). The zero-order valence-electron chi connectivity index (χ0n) is 24.1. The van der Waals surface area contributed by atoms with Gasteiger partial charge in [-0.25, -0.2) is 0 Å². The molecule has 10 nitrogen and oxygen atoms in total. The molecule has 2 aromatic carbocycles. The summed E-state index contributed by atoms with van der Waals surface area (Å²) >= 11 is 0. The van der Waals surface area contributed by atoms with Crippen LogP contribution in [0.1, 0.15) is 60.2 Å². The van der Waals surface area contributed by atoms with Gasteiger partial charge in [0, 0.05) is 22.6 Å². The van der Waals surface area contributed by atoms with Crippen LogP contribution in [-0.4, -0.2) is 74.3 Å². The number of hydrogen-bond donors (Lipinski definition) is 5. The lowest BCUT2D eigenvalue weighted by Crippen LogP contribution is -2.65. The number of nitrogens with two attached hydrogens (primary N) is 1. The number of aromatic hydroxyl groups is 1. The van der Waals surface area contributed by atoms with Gasteiger partial charge in [-0.05, 0) is 68.5 Å². The molecule has 10 heteroatoms. The molecule has 0 heterocycles. The van der Waals surface area contributed by atoms with Crippen molar-refractivity contribution in [3.8, 4) is 16.9 Å². The lowest BCUT2D eigenvalue weighted by Gasteiger charge is -2.50. The Labute approximate surface area is 242 Å². The van der Waals surface area contributed by atoms with E-state index in [0.717, 1.165) is 5.56 Å². The number of carbonyl (C=O) groups excluding carboxylic acids is 4. The second kappa shape index (κ2) is 9.92. The molecular formula is C32H34N2O8. The number of ketones is 3. The van der Waals surface area contributed by atoms with Crippen molar-refractivity contribution >= 4 is 29.0 Å². The van der Waals surface area contributed by atoms with E-state index in [4.69, 9.17) is 5.73 Å². The van der Waals surface area contributed by atoms with Gasteiger partial charge in [0.15, 0.2) is 17.2 Å². The average molecular weight is 575 g/mol. The molecule has 0 saturated heterocycles. The van der Waals surface area contributed by atoms with Gasteiger partial charge in [0.2, 0.25) is 5.78 Å². The van der Waals surface area contributed by atoms with Crippen LogP contribution in [0.2, 0.25) is 0 Å². The maximum atomic E-state index is 14.1. The lowest BCUT2D eigenvalue weighted by atomic mass is 9.57. The predicted molar refractivity (Wildman–Crippen MR) is 154 cm³/mol. The Balaban J connectivity index is 1.75. The first-order chi connectivity index (χ1) is 19.6. The first-order valence-electron chi connectivity index (χ1n) is 13.8. The van der Waals surface area contributed by atoms with E-state index in [0.29, 0.717) is 22.3 Å². The number of amides is 1.